The van der Waals surface area contributed by atoms with E-state index >= 15 is 0 Å². The zero-order chi connectivity index (χ0) is 21.1. The fourth-order valence-corrected chi connectivity index (χ4v) is 3.57. The van der Waals surface area contributed by atoms with Gasteiger partial charge in [-0.3, -0.25) is 4.79 Å². The first-order valence-corrected chi connectivity index (χ1v) is 10.0. The Kier molecular flexibility index (Phi) is 5.74. The van der Waals surface area contributed by atoms with E-state index in [4.69, 9.17) is 28.8 Å². The molecule has 0 fully saturated rings. The highest BCUT2D eigenvalue weighted by Crippen LogP contribution is 2.29. The third-order valence-corrected chi connectivity index (χ3v) is 5.07. The Hall–Kier alpha value is -3.29. The Morgan fingerprint density at radius 1 is 1.10 bits per heavy atom. The zero-order valence-corrected chi connectivity index (χ0v) is 17.6. The number of benzene rings is 2. The van der Waals surface area contributed by atoms with E-state index < -0.39 is 6.17 Å². The second-order valence-corrected chi connectivity index (χ2v) is 7.46. The molecule has 4 rings (SSSR count). The van der Waals surface area contributed by atoms with Crippen LogP contribution in [0.2, 0.25) is 5.02 Å². The summed E-state index contributed by atoms with van der Waals surface area (Å²) in [6.45, 7) is 0. The molecular formula is C22H18ClN5OS. The first-order valence-electron chi connectivity index (χ1n) is 9.22. The van der Waals surface area contributed by atoms with Gasteiger partial charge in [-0.2, -0.15) is 0 Å². The van der Waals surface area contributed by atoms with Gasteiger partial charge in [0.05, 0.1) is 11.4 Å². The maximum absolute atomic E-state index is 13.2. The minimum atomic E-state index is -0.917. The Bertz CT molecular complexity index is 1120. The number of pyridine rings is 1. The van der Waals surface area contributed by atoms with Crippen LogP contribution < -0.4 is 15.5 Å². The number of aromatic nitrogens is 1. The van der Waals surface area contributed by atoms with Crippen LogP contribution in [-0.2, 0) is 4.79 Å². The summed E-state index contributed by atoms with van der Waals surface area (Å²) in [5.74, 6) is 0.335. The lowest BCUT2D eigenvalue weighted by atomic mass is 10.0. The van der Waals surface area contributed by atoms with E-state index in [1.54, 1.807) is 30.3 Å². The van der Waals surface area contributed by atoms with Crippen LogP contribution in [0.5, 0.6) is 0 Å². The van der Waals surface area contributed by atoms with E-state index in [9.17, 15) is 4.79 Å². The van der Waals surface area contributed by atoms with Crippen molar-refractivity contribution in [2.24, 2.45) is 4.99 Å². The van der Waals surface area contributed by atoms with Gasteiger partial charge in [0, 0.05) is 29.4 Å². The topological polar surface area (TPSA) is 69.6 Å². The number of hydrogen-bond donors (Lipinski definition) is 2. The third-order valence-electron chi connectivity index (χ3n) is 4.62. The predicted octanol–water partition coefficient (Wildman–Crippen LogP) is 3.86. The van der Waals surface area contributed by atoms with E-state index in [0.29, 0.717) is 16.6 Å². The predicted molar refractivity (Wildman–Crippen MR) is 124 cm³/mol. The first kappa shape index (κ1) is 20.0. The molecule has 2 aromatic carbocycles. The second kappa shape index (κ2) is 8.61. The molecule has 8 heteroatoms. The highest BCUT2D eigenvalue weighted by Gasteiger charge is 2.30. The summed E-state index contributed by atoms with van der Waals surface area (Å²) in [6.07, 6.45) is 0.738. The second-order valence-electron chi connectivity index (χ2n) is 6.62. The van der Waals surface area contributed by atoms with Gasteiger partial charge in [-0.1, -0.05) is 48.0 Å². The number of anilines is 2. The Morgan fingerprint density at radius 2 is 1.87 bits per heavy atom. The molecule has 1 aliphatic rings. The molecule has 0 aliphatic carbocycles. The van der Waals surface area contributed by atoms with E-state index in [-0.39, 0.29) is 11.0 Å². The minimum Gasteiger partial charge on any atom is -0.333 e. The van der Waals surface area contributed by atoms with Gasteiger partial charge in [0.25, 0.3) is 5.91 Å². The van der Waals surface area contributed by atoms with Crippen molar-refractivity contribution in [3.8, 4) is 0 Å². The van der Waals surface area contributed by atoms with Gasteiger partial charge < -0.3 is 15.5 Å². The van der Waals surface area contributed by atoms with Crippen LogP contribution in [0.25, 0.3) is 0 Å². The Morgan fingerprint density at radius 3 is 2.60 bits per heavy atom. The lowest BCUT2D eigenvalue weighted by Gasteiger charge is -2.21. The average Bonchev–Trinajstić information content (AvgIpc) is 2.85. The SMILES string of the molecule is CN1C(=O)C(NC(=S)Nc2ccccn2)N=C(c2ccccc2)c2cc(Cl)ccc21. The number of nitrogens with one attached hydrogen (secondary N) is 2. The van der Waals surface area contributed by atoms with Gasteiger partial charge in [-0.25, -0.2) is 9.98 Å². The molecule has 0 spiro atoms. The van der Waals surface area contributed by atoms with Crippen molar-refractivity contribution in [1.82, 2.24) is 10.3 Å². The van der Waals surface area contributed by atoms with Crippen molar-refractivity contribution in [1.29, 1.82) is 0 Å². The van der Waals surface area contributed by atoms with Crippen molar-refractivity contribution < 1.29 is 4.79 Å². The molecular weight excluding hydrogens is 418 g/mol. The Balaban J connectivity index is 1.73. The summed E-state index contributed by atoms with van der Waals surface area (Å²) in [4.78, 5) is 23.7. The number of hydrogen-bond acceptors (Lipinski definition) is 4. The molecule has 30 heavy (non-hydrogen) atoms. The molecule has 1 aliphatic heterocycles. The number of nitrogens with zero attached hydrogens (tertiary/aromatic N) is 3. The van der Waals surface area contributed by atoms with Gasteiger partial charge in [-0.05, 0) is 42.5 Å². The van der Waals surface area contributed by atoms with Gasteiger partial charge in [0.1, 0.15) is 5.82 Å². The fourth-order valence-electron chi connectivity index (χ4n) is 3.18. The van der Waals surface area contributed by atoms with E-state index in [2.05, 4.69) is 15.6 Å². The number of amides is 1. The molecule has 3 aromatic rings. The number of carbonyl (C=O) groups excluding carboxylic acids is 1. The first-order chi connectivity index (χ1) is 14.5. The largest absolute Gasteiger partial charge is 0.333 e. The van der Waals surface area contributed by atoms with E-state index in [0.717, 1.165) is 16.8 Å². The van der Waals surface area contributed by atoms with Crippen LogP contribution >= 0.6 is 23.8 Å². The van der Waals surface area contributed by atoms with Gasteiger partial charge in [-0.15, -0.1) is 0 Å². The van der Waals surface area contributed by atoms with E-state index in [1.165, 1.54) is 0 Å². The maximum Gasteiger partial charge on any atom is 0.272 e. The minimum absolute atomic E-state index is 0.241. The van der Waals surface area contributed by atoms with Crippen molar-refractivity contribution in [3.05, 3.63) is 89.1 Å². The number of carbonyl (C=O) groups is 1. The summed E-state index contributed by atoms with van der Waals surface area (Å²) in [6, 6.07) is 20.5. The van der Waals surface area contributed by atoms with E-state index in [1.807, 2.05) is 54.6 Å². The monoisotopic (exact) mass is 435 g/mol. The molecule has 0 radical (unpaired) electrons. The summed E-state index contributed by atoms with van der Waals surface area (Å²) in [5.41, 5.74) is 3.03. The van der Waals surface area contributed by atoms with Crippen LogP contribution in [0.3, 0.4) is 0 Å². The molecule has 1 amide bonds. The molecule has 2 heterocycles. The highest BCUT2D eigenvalue weighted by molar-refractivity contribution is 7.80. The quantitative estimate of drug-likeness (QED) is 0.611. The Labute approximate surface area is 184 Å². The molecule has 2 N–H and O–H groups in total. The fraction of sp³-hybridized carbons (Fsp3) is 0.0909. The van der Waals surface area contributed by atoms with Crippen LogP contribution in [0.4, 0.5) is 11.5 Å². The zero-order valence-electron chi connectivity index (χ0n) is 16.0. The number of fused-ring (bicyclic) bond motifs is 1. The summed E-state index contributed by atoms with van der Waals surface area (Å²) in [5, 5.41) is 6.80. The standard InChI is InChI=1S/C22H18ClN5OS/c1-28-17-11-10-15(23)13-16(17)19(14-7-3-2-4-8-14)26-20(21(28)29)27-22(30)25-18-9-5-6-12-24-18/h2-13,20H,1H3,(H2,24,25,27,30). The molecule has 6 nitrogen and oxygen atoms in total. The number of benzodiazepines with no additional fused rings is 1. The number of thiocarbonyl (C=S) groups is 1. The smallest absolute Gasteiger partial charge is 0.272 e. The van der Waals surface area contributed by atoms with Crippen LogP contribution in [-0.4, -0.2) is 34.9 Å². The number of halogens is 1. The van der Waals surface area contributed by atoms with Gasteiger partial charge in [0.15, 0.2) is 5.11 Å². The van der Waals surface area contributed by atoms with Gasteiger partial charge in [0.2, 0.25) is 6.17 Å². The number of likely N-dealkylation sites (N-methyl/N-ethyl adjacent to an activating group) is 1. The lowest BCUT2D eigenvalue weighted by molar-refractivity contribution is -0.119. The van der Waals surface area contributed by atoms with Crippen LogP contribution in [0, 0.1) is 0 Å². The van der Waals surface area contributed by atoms with Gasteiger partial charge >= 0.3 is 0 Å². The summed E-state index contributed by atoms with van der Waals surface area (Å²) in [7, 11) is 1.71. The molecule has 150 valence electrons. The van der Waals surface area contributed by atoms with Crippen molar-refractivity contribution in [3.63, 3.8) is 0 Å². The van der Waals surface area contributed by atoms with Crippen molar-refractivity contribution >= 4 is 52.1 Å². The molecule has 1 unspecified atom stereocenters. The highest BCUT2D eigenvalue weighted by atomic mass is 35.5. The lowest BCUT2D eigenvalue weighted by Crippen LogP contribution is -2.47. The van der Waals surface area contributed by atoms with Crippen molar-refractivity contribution in [2.75, 3.05) is 17.3 Å². The molecule has 0 saturated carbocycles. The normalized spacial score (nSPS) is 15.7. The maximum atomic E-state index is 13.2. The molecule has 0 saturated heterocycles. The molecule has 1 aromatic heterocycles. The van der Waals surface area contributed by atoms with Crippen LogP contribution in [0.1, 0.15) is 11.1 Å². The molecule has 1 atom stereocenters. The van der Waals surface area contributed by atoms with Crippen molar-refractivity contribution in [2.45, 2.75) is 6.17 Å². The summed E-state index contributed by atoms with van der Waals surface area (Å²) < 4.78 is 0. The average molecular weight is 436 g/mol. The van der Waals surface area contributed by atoms with Crippen LogP contribution in [0.15, 0.2) is 77.9 Å². The summed E-state index contributed by atoms with van der Waals surface area (Å²) >= 11 is 11.7. The third kappa shape index (κ3) is 4.17. The number of rotatable bonds is 3. The molecule has 0 bridgehead atoms. The number of aliphatic imine (C=N–C) groups is 1.